The van der Waals surface area contributed by atoms with Gasteiger partial charge in [0.15, 0.2) is 0 Å². The topological polar surface area (TPSA) is 60.0 Å². The van der Waals surface area contributed by atoms with Crippen molar-refractivity contribution in [2.24, 2.45) is 0 Å². The molecule has 1 N–H and O–H groups in total. The van der Waals surface area contributed by atoms with Gasteiger partial charge in [-0.15, -0.1) is 0 Å². The zero-order chi connectivity index (χ0) is 20.7. The molecule has 152 valence electrons. The number of carbonyl (C=O) groups is 1. The fourth-order valence-electron chi connectivity index (χ4n) is 3.01. The monoisotopic (exact) mass is 406 g/mol. The quantitative estimate of drug-likeness (QED) is 0.688. The maximum absolute atomic E-state index is 12.5. The normalized spacial score (nSPS) is 11.8. The van der Waals surface area contributed by atoms with E-state index in [1.165, 1.54) is 0 Å². The lowest BCUT2D eigenvalue weighted by Gasteiger charge is -2.21. The Balaban J connectivity index is 2.01. The molecular weight excluding hydrogens is 380 g/mol. The van der Waals surface area contributed by atoms with Gasteiger partial charge in [0.05, 0.1) is 33.9 Å². The summed E-state index contributed by atoms with van der Waals surface area (Å²) in [6, 6.07) is 10.7. The molecule has 28 heavy (non-hydrogen) atoms. The molecular formula is C21H27ClN2O4. The van der Waals surface area contributed by atoms with Crippen LogP contribution in [0.4, 0.5) is 0 Å². The number of amides is 1. The third kappa shape index (κ3) is 5.78. The van der Waals surface area contributed by atoms with E-state index >= 15 is 0 Å². The number of carbonyl (C=O) groups excluding carboxylic acids is 1. The molecule has 0 heterocycles. The van der Waals surface area contributed by atoms with Gasteiger partial charge in [-0.1, -0.05) is 11.6 Å². The van der Waals surface area contributed by atoms with E-state index in [0.29, 0.717) is 23.1 Å². The molecule has 1 atom stereocenters. The van der Waals surface area contributed by atoms with Gasteiger partial charge in [-0.3, -0.25) is 9.69 Å². The SMILES string of the molecule is COc1ccc(OC)c([C@@H](C)NC(=O)CN(C)Cc2cc(Cl)ccc2OC)c1. The Morgan fingerprint density at radius 2 is 1.75 bits per heavy atom. The summed E-state index contributed by atoms with van der Waals surface area (Å²) in [5.74, 6) is 2.06. The maximum Gasteiger partial charge on any atom is 0.234 e. The van der Waals surface area contributed by atoms with Crippen LogP contribution in [0.1, 0.15) is 24.1 Å². The molecule has 0 aliphatic heterocycles. The van der Waals surface area contributed by atoms with Crippen molar-refractivity contribution in [3.63, 3.8) is 0 Å². The number of nitrogens with one attached hydrogen (secondary N) is 1. The number of halogens is 1. The van der Waals surface area contributed by atoms with Crippen molar-refractivity contribution in [3.8, 4) is 17.2 Å². The Bertz CT molecular complexity index is 813. The summed E-state index contributed by atoms with van der Waals surface area (Å²) in [5, 5.41) is 3.64. The van der Waals surface area contributed by atoms with Gasteiger partial charge in [0.1, 0.15) is 17.2 Å². The summed E-state index contributed by atoms with van der Waals surface area (Å²) in [4.78, 5) is 14.4. The molecule has 0 aliphatic rings. The number of methoxy groups -OCH3 is 3. The third-order valence-corrected chi connectivity index (χ3v) is 4.61. The molecule has 0 aromatic heterocycles. The van der Waals surface area contributed by atoms with Gasteiger partial charge in [-0.05, 0) is 50.4 Å². The number of ether oxygens (including phenoxy) is 3. The van der Waals surface area contributed by atoms with Gasteiger partial charge < -0.3 is 19.5 Å². The Morgan fingerprint density at radius 1 is 1.07 bits per heavy atom. The zero-order valence-electron chi connectivity index (χ0n) is 16.9. The van der Waals surface area contributed by atoms with Gasteiger partial charge >= 0.3 is 0 Å². The minimum absolute atomic E-state index is 0.0964. The van der Waals surface area contributed by atoms with E-state index in [1.54, 1.807) is 27.4 Å². The van der Waals surface area contributed by atoms with E-state index in [2.05, 4.69) is 5.32 Å². The average molecular weight is 407 g/mol. The molecule has 2 rings (SSSR count). The summed E-state index contributed by atoms with van der Waals surface area (Å²) >= 11 is 6.08. The minimum Gasteiger partial charge on any atom is -0.497 e. The van der Waals surface area contributed by atoms with E-state index < -0.39 is 0 Å². The van der Waals surface area contributed by atoms with Crippen molar-refractivity contribution in [2.45, 2.75) is 19.5 Å². The van der Waals surface area contributed by atoms with Gasteiger partial charge in [-0.2, -0.15) is 0 Å². The minimum atomic E-state index is -0.230. The highest BCUT2D eigenvalue weighted by molar-refractivity contribution is 6.30. The lowest BCUT2D eigenvalue weighted by atomic mass is 10.1. The first-order valence-corrected chi connectivity index (χ1v) is 9.28. The van der Waals surface area contributed by atoms with Crippen LogP contribution in [0.2, 0.25) is 5.02 Å². The molecule has 0 saturated heterocycles. The van der Waals surface area contributed by atoms with Gasteiger partial charge in [0, 0.05) is 22.7 Å². The molecule has 0 saturated carbocycles. The van der Waals surface area contributed by atoms with Crippen LogP contribution in [0, 0.1) is 0 Å². The van der Waals surface area contributed by atoms with Crippen LogP contribution in [0.5, 0.6) is 17.2 Å². The third-order valence-electron chi connectivity index (χ3n) is 4.38. The Morgan fingerprint density at radius 3 is 2.39 bits per heavy atom. The summed E-state index contributed by atoms with van der Waals surface area (Å²) in [7, 11) is 6.69. The van der Waals surface area contributed by atoms with Crippen molar-refractivity contribution in [2.75, 3.05) is 34.9 Å². The molecule has 0 spiro atoms. The highest BCUT2D eigenvalue weighted by Crippen LogP contribution is 2.29. The van der Waals surface area contributed by atoms with Gasteiger partial charge in [0.2, 0.25) is 5.91 Å². The highest BCUT2D eigenvalue weighted by Gasteiger charge is 2.17. The molecule has 2 aromatic carbocycles. The van der Waals surface area contributed by atoms with E-state index in [-0.39, 0.29) is 18.5 Å². The van der Waals surface area contributed by atoms with Gasteiger partial charge in [-0.25, -0.2) is 0 Å². The van der Waals surface area contributed by atoms with Crippen LogP contribution in [-0.2, 0) is 11.3 Å². The Hall–Kier alpha value is -2.44. The second kappa shape index (κ2) is 10.2. The first kappa shape index (κ1) is 21.9. The van der Waals surface area contributed by atoms with Crippen molar-refractivity contribution in [1.29, 1.82) is 0 Å². The lowest BCUT2D eigenvalue weighted by molar-refractivity contribution is -0.122. The van der Waals surface area contributed by atoms with E-state index in [9.17, 15) is 4.79 Å². The molecule has 7 heteroatoms. The standard InChI is InChI=1S/C21H27ClN2O4/c1-14(18-11-17(26-3)7-9-20(18)28-5)23-21(25)13-24(2)12-15-10-16(22)6-8-19(15)27-4/h6-11,14H,12-13H2,1-5H3,(H,23,25)/t14-/m1/s1. The molecule has 0 radical (unpaired) electrons. The molecule has 0 aliphatic carbocycles. The molecule has 0 bridgehead atoms. The summed E-state index contributed by atoms with van der Waals surface area (Å²) in [6.07, 6.45) is 0. The fraction of sp³-hybridized carbons (Fsp3) is 0.381. The first-order valence-electron chi connectivity index (χ1n) is 8.90. The van der Waals surface area contributed by atoms with Crippen LogP contribution in [-0.4, -0.2) is 45.7 Å². The predicted molar refractivity (Wildman–Crippen MR) is 110 cm³/mol. The molecule has 0 unspecified atom stereocenters. The van der Waals surface area contributed by atoms with Crippen LogP contribution < -0.4 is 19.5 Å². The van der Waals surface area contributed by atoms with Gasteiger partial charge in [0.25, 0.3) is 0 Å². The molecule has 6 nitrogen and oxygen atoms in total. The largest absolute Gasteiger partial charge is 0.497 e. The predicted octanol–water partition coefficient (Wildman–Crippen LogP) is 3.68. The van der Waals surface area contributed by atoms with Crippen molar-refractivity contribution >= 4 is 17.5 Å². The summed E-state index contributed by atoms with van der Waals surface area (Å²) in [5.41, 5.74) is 1.78. The van der Waals surface area contributed by atoms with Crippen molar-refractivity contribution in [3.05, 3.63) is 52.5 Å². The first-order chi connectivity index (χ1) is 13.4. The Kier molecular flexibility index (Phi) is 7.96. The van der Waals surface area contributed by atoms with Crippen molar-refractivity contribution < 1.29 is 19.0 Å². The van der Waals surface area contributed by atoms with E-state index in [1.807, 2.05) is 49.2 Å². The molecule has 1 amide bonds. The number of hydrogen-bond acceptors (Lipinski definition) is 5. The van der Waals surface area contributed by atoms with Crippen LogP contribution in [0.3, 0.4) is 0 Å². The second-order valence-electron chi connectivity index (χ2n) is 6.53. The van der Waals surface area contributed by atoms with Crippen molar-refractivity contribution in [1.82, 2.24) is 10.2 Å². The van der Waals surface area contributed by atoms with Crippen LogP contribution in [0.15, 0.2) is 36.4 Å². The number of nitrogens with zero attached hydrogens (tertiary/aromatic N) is 1. The number of hydrogen-bond donors (Lipinski definition) is 1. The fourth-order valence-corrected chi connectivity index (χ4v) is 3.20. The number of rotatable bonds is 9. The average Bonchev–Trinajstić information content (AvgIpc) is 2.67. The van der Waals surface area contributed by atoms with E-state index in [4.69, 9.17) is 25.8 Å². The second-order valence-corrected chi connectivity index (χ2v) is 6.96. The lowest BCUT2D eigenvalue weighted by Crippen LogP contribution is -2.36. The Labute approximate surface area is 171 Å². The smallest absolute Gasteiger partial charge is 0.234 e. The van der Waals surface area contributed by atoms with Crippen LogP contribution in [0.25, 0.3) is 0 Å². The van der Waals surface area contributed by atoms with E-state index in [0.717, 1.165) is 16.9 Å². The summed E-state index contributed by atoms with van der Waals surface area (Å²) < 4.78 is 16.0. The maximum atomic E-state index is 12.5. The number of likely N-dealkylation sites (N-methyl/N-ethyl adjacent to an activating group) is 1. The molecule has 0 fully saturated rings. The highest BCUT2D eigenvalue weighted by atomic mass is 35.5. The van der Waals surface area contributed by atoms with Crippen LogP contribution >= 0.6 is 11.6 Å². The zero-order valence-corrected chi connectivity index (χ0v) is 17.7. The number of benzene rings is 2. The molecule has 2 aromatic rings. The summed E-state index contributed by atoms with van der Waals surface area (Å²) in [6.45, 7) is 2.68.